The first kappa shape index (κ1) is 14.2. The second-order valence-electron chi connectivity index (χ2n) is 4.57. The van der Waals surface area contributed by atoms with Crippen LogP contribution in [0.15, 0.2) is 6.07 Å². The van der Waals surface area contributed by atoms with Gasteiger partial charge in [-0.3, -0.25) is 4.68 Å². The third-order valence-corrected chi connectivity index (χ3v) is 3.33. The Labute approximate surface area is 106 Å². The summed E-state index contributed by atoms with van der Waals surface area (Å²) in [5, 5.41) is 8.05. The SMILES string of the molecule is CCCCCC(NC)c1cc(CC)nn1CC. The van der Waals surface area contributed by atoms with Crippen LogP contribution in [0.25, 0.3) is 0 Å². The molecule has 0 aliphatic heterocycles. The number of aromatic nitrogens is 2. The van der Waals surface area contributed by atoms with Gasteiger partial charge in [0.25, 0.3) is 0 Å². The van der Waals surface area contributed by atoms with E-state index in [2.05, 4.69) is 49.0 Å². The van der Waals surface area contributed by atoms with Gasteiger partial charge in [0.05, 0.1) is 11.4 Å². The zero-order valence-corrected chi connectivity index (χ0v) is 11.8. The molecule has 1 aromatic heterocycles. The molecule has 0 saturated carbocycles. The number of hydrogen-bond donors (Lipinski definition) is 1. The topological polar surface area (TPSA) is 29.9 Å². The summed E-state index contributed by atoms with van der Waals surface area (Å²) in [5.41, 5.74) is 2.56. The Balaban J connectivity index is 2.75. The van der Waals surface area contributed by atoms with E-state index in [4.69, 9.17) is 0 Å². The highest BCUT2D eigenvalue weighted by Crippen LogP contribution is 2.21. The lowest BCUT2D eigenvalue weighted by Gasteiger charge is -2.17. The van der Waals surface area contributed by atoms with Crippen LogP contribution in [0, 0.1) is 0 Å². The molecule has 3 nitrogen and oxygen atoms in total. The lowest BCUT2D eigenvalue weighted by Crippen LogP contribution is -2.20. The zero-order chi connectivity index (χ0) is 12.7. The smallest absolute Gasteiger partial charge is 0.0625 e. The molecule has 1 aromatic rings. The fourth-order valence-electron chi connectivity index (χ4n) is 2.23. The Bertz CT molecular complexity index is 317. The number of aryl methyl sites for hydroxylation is 2. The average Bonchev–Trinajstić information content (AvgIpc) is 2.78. The van der Waals surface area contributed by atoms with Crippen LogP contribution in [0.1, 0.15) is 63.9 Å². The Morgan fingerprint density at radius 3 is 2.59 bits per heavy atom. The van der Waals surface area contributed by atoms with Crippen molar-refractivity contribution in [3.63, 3.8) is 0 Å². The average molecular weight is 237 g/mol. The molecule has 1 N–H and O–H groups in total. The van der Waals surface area contributed by atoms with Crippen LogP contribution in [-0.2, 0) is 13.0 Å². The Hall–Kier alpha value is -0.830. The number of rotatable bonds is 8. The van der Waals surface area contributed by atoms with Crippen LogP contribution < -0.4 is 5.32 Å². The minimum absolute atomic E-state index is 0.453. The number of unbranched alkanes of at least 4 members (excludes halogenated alkanes) is 2. The molecule has 0 aliphatic carbocycles. The van der Waals surface area contributed by atoms with E-state index in [0.29, 0.717) is 6.04 Å². The minimum atomic E-state index is 0.453. The second kappa shape index (κ2) is 7.49. The molecule has 17 heavy (non-hydrogen) atoms. The van der Waals surface area contributed by atoms with Crippen LogP contribution in [0.4, 0.5) is 0 Å². The first-order chi connectivity index (χ1) is 8.26. The van der Waals surface area contributed by atoms with Gasteiger partial charge >= 0.3 is 0 Å². The predicted octanol–water partition coefficient (Wildman–Crippen LogP) is 3.31. The van der Waals surface area contributed by atoms with Gasteiger partial charge in [-0.2, -0.15) is 5.10 Å². The fraction of sp³-hybridized carbons (Fsp3) is 0.786. The van der Waals surface area contributed by atoms with Crippen molar-refractivity contribution < 1.29 is 0 Å². The highest BCUT2D eigenvalue weighted by molar-refractivity contribution is 5.14. The maximum atomic E-state index is 4.62. The van der Waals surface area contributed by atoms with Crippen molar-refractivity contribution in [2.24, 2.45) is 0 Å². The molecule has 0 spiro atoms. The van der Waals surface area contributed by atoms with Gasteiger partial charge < -0.3 is 5.32 Å². The van der Waals surface area contributed by atoms with Gasteiger partial charge in [-0.1, -0.05) is 33.1 Å². The summed E-state index contributed by atoms with van der Waals surface area (Å²) in [7, 11) is 2.05. The van der Waals surface area contributed by atoms with Crippen molar-refractivity contribution in [3.8, 4) is 0 Å². The predicted molar refractivity (Wildman–Crippen MR) is 73.2 cm³/mol. The molecule has 0 aromatic carbocycles. The summed E-state index contributed by atoms with van der Waals surface area (Å²) in [5.74, 6) is 0. The number of hydrogen-bond acceptors (Lipinski definition) is 2. The normalized spacial score (nSPS) is 12.9. The van der Waals surface area contributed by atoms with Gasteiger partial charge in [-0.25, -0.2) is 0 Å². The summed E-state index contributed by atoms with van der Waals surface area (Å²) < 4.78 is 2.14. The Kier molecular flexibility index (Phi) is 6.27. The molecule has 98 valence electrons. The van der Waals surface area contributed by atoms with E-state index < -0.39 is 0 Å². The van der Waals surface area contributed by atoms with Crippen molar-refractivity contribution in [2.45, 2.75) is 65.5 Å². The molecule has 0 amide bonds. The quantitative estimate of drug-likeness (QED) is 0.703. The van der Waals surface area contributed by atoms with E-state index in [1.54, 1.807) is 0 Å². The van der Waals surface area contributed by atoms with Gasteiger partial charge in [0.1, 0.15) is 0 Å². The molecule has 0 bridgehead atoms. The second-order valence-corrected chi connectivity index (χ2v) is 4.57. The standard InChI is InChI=1S/C14H27N3/c1-5-8-9-10-13(15-4)14-11-12(6-2)16-17(14)7-3/h11,13,15H,5-10H2,1-4H3. The number of nitrogens with one attached hydrogen (secondary N) is 1. The third kappa shape index (κ3) is 3.84. The van der Waals surface area contributed by atoms with E-state index in [0.717, 1.165) is 13.0 Å². The van der Waals surface area contributed by atoms with Crippen LogP contribution in [0.2, 0.25) is 0 Å². The van der Waals surface area contributed by atoms with Crippen molar-refractivity contribution in [1.82, 2.24) is 15.1 Å². The molecule has 0 saturated heterocycles. The molecular weight excluding hydrogens is 210 g/mol. The molecule has 1 heterocycles. The molecule has 1 rings (SSSR count). The lowest BCUT2D eigenvalue weighted by atomic mass is 10.0. The third-order valence-electron chi connectivity index (χ3n) is 3.33. The summed E-state index contributed by atoms with van der Waals surface area (Å²) in [6.45, 7) is 7.54. The lowest BCUT2D eigenvalue weighted by molar-refractivity contribution is 0.467. The molecule has 0 fully saturated rings. The number of nitrogens with zero attached hydrogens (tertiary/aromatic N) is 2. The van der Waals surface area contributed by atoms with Crippen molar-refractivity contribution in [2.75, 3.05) is 7.05 Å². The summed E-state index contributed by atoms with van der Waals surface area (Å²) in [6, 6.07) is 2.71. The molecule has 0 radical (unpaired) electrons. The van der Waals surface area contributed by atoms with Gasteiger partial charge in [-0.15, -0.1) is 0 Å². The van der Waals surface area contributed by atoms with Crippen LogP contribution in [0.3, 0.4) is 0 Å². The van der Waals surface area contributed by atoms with Gasteiger partial charge in [0.2, 0.25) is 0 Å². The van der Waals surface area contributed by atoms with Crippen molar-refractivity contribution in [3.05, 3.63) is 17.5 Å². The summed E-state index contributed by atoms with van der Waals surface area (Å²) >= 11 is 0. The van der Waals surface area contributed by atoms with E-state index >= 15 is 0 Å². The molecular formula is C14H27N3. The molecule has 1 unspecified atom stereocenters. The molecule has 0 aliphatic rings. The maximum Gasteiger partial charge on any atom is 0.0625 e. The van der Waals surface area contributed by atoms with Crippen LogP contribution in [0.5, 0.6) is 0 Å². The minimum Gasteiger partial charge on any atom is -0.312 e. The largest absolute Gasteiger partial charge is 0.312 e. The first-order valence-corrected chi connectivity index (χ1v) is 7.00. The van der Waals surface area contributed by atoms with Crippen molar-refractivity contribution >= 4 is 0 Å². The van der Waals surface area contributed by atoms with Gasteiger partial charge in [-0.05, 0) is 32.9 Å². The van der Waals surface area contributed by atoms with E-state index in [1.165, 1.54) is 37.1 Å². The van der Waals surface area contributed by atoms with E-state index in [-0.39, 0.29) is 0 Å². The Morgan fingerprint density at radius 2 is 2.06 bits per heavy atom. The molecule has 3 heteroatoms. The maximum absolute atomic E-state index is 4.62. The van der Waals surface area contributed by atoms with E-state index in [9.17, 15) is 0 Å². The Morgan fingerprint density at radius 1 is 1.29 bits per heavy atom. The monoisotopic (exact) mass is 237 g/mol. The van der Waals surface area contributed by atoms with Gasteiger partial charge in [0.15, 0.2) is 0 Å². The summed E-state index contributed by atoms with van der Waals surface area (Å²) in [4.78, 5) is 0. The zero-order valence-electron chi connectivity index (χ0n) is 11.8. The van der Waals surface area contributed by atoms with Crippen LogP contribution >= 0.6 is 0 Å². The van der Waals surface area contributed by atoms with E-state index in [1.807, 2.05) is 0 Å². The first-order valence-electron chi connectivity index (χ1n) is 7.00. The van der Waals surface area contributed by atoms with Crippen molar-refractivity contribution in [1.29, 1.82) is 0 Å². The van der Waals surface area contributed by atoms with Crippen LogP contribution in [-0.4, -0.2) is 16.8 Å². The molecule has 1 atom stereocenters. The fourth-order valence-corrected chi connectivity index (χ4v) is 2.23. The summed E-state index contributed by atoms with van der Waals surface area (Å²) in [6.07, 6.45) is 6.12. The highest BCUT2D eigenvalue weighted by Gasteiger charge is 2.15. The van der Waals surface area contributed by atoms with Gasteiger partial charge in [0, 0.05) is 12.6 Å². The highest BCUT2D eigenvalue weighted by atomic mass is 15.3.